The molecule has 0 aliphatic rings. The monoisotopic (exact) mass is 398 g/mol. The molecule has 1 heterocycles. The number of methoxy groups -OCH3 is 1. The fourth-order valence-electron chi connectivity index (χ4n) is 2.90. The van der Waals surface area contributed by atoms with E-state index in [9.17, 15) is 9.59 Å². The van der Waals surface area contributed by atoms with E-state index in [0.29, 0.717) is 23.5 Å². The van der Waals surface area contributed by atoms with Crippen molar-refractivity contribution in [2.45, 2.75) is 26.8 Å². The van der Waals surface area contributed by atoms with Crippen LogP contribution in [0.4, 0.5) is 0 Å². The van der Waals surface area contributed by atoms with Crippen molar-refractivity contribution in [3.05, 3.63) is 58.4 Å². The predicted molar refractivity (Wildman–Crippen MR) is 109 cm³/mol. The lowest BCUT2D eigenvalue weighted by molar-refractivity contribution is -0.117. The van der Waals surface area contributed by atoms with E-state index in [1.165, 1.54) is 18.4 Å². The Labute approximate surface area is 167 Å². The summed E-state index contributed by atoms with van der Waals surface area (Å²) in [5.41, 5.74) is 2.30. The van der Waals surface area contributed by atoms with Gasteiger partial charge in [-0.15, -0.1) is 0 Å². The number of thiazole rings is 1. The quantitative estimate of drug-likeness (QED) is 0.595. The van der Waals surface area contributed by atoms with Crippen LogP contribution < -0.4 is 9.54 Å². The van der Waals surface area contributed by atoms with Crippen molar-refractivity contribution in [3.8, 4) is 5.75 Å². The van der Waals surface area contributed by atoms with Gasteiger partial charge in [-0.1, -0.05) is 23.5 Å². The Morgan fingerprint density at radius 2 is 1.86 bits per heavy atom. The normalized spacial score (nSPS) is 11.6. The number of fused-ring (bicyclic) bond motifs is 1. The average molecular weight is 398 g/mol. The lowest BCUT2D eigenvalue weighted by Crippen LogP contribution is -2.16. The molecule has 6 nitrogen and oxygen atoms in total. The number of hydrogen-bond acceptors (Lipinski definition) is 5. The molecular formula is C21H22N2O4S. The van der Waals surface area contributed by atoms with E-state index in [1.54, 1.807) is 12.1 Å². The lowest BCUT2D eigenvalue weighted by Gasteiger charge is -2.03. The summed E-state index contributed by atoms with van der Waals surface area (Å²) in [5, 5.41) is 0. The summed E-state index contributed by atoms with van der Waals surface area (Å²) in [5.74, 6) is 0.180. The fourth-order valence-corrected chi connectivity index (χ4v) is 4.05. The molecule has 146 valence electrons. The van der Waals surface area contributed by atoms with Gasteiger partial charge in [-0.2, -0.15) is 4.99 Å². The van der Waals surface area contributed by atoms with E-state index in [-0.39, 0.29) is 18.3 Å². The Bertz CT molecular complexity index is 1060. The molecule has 0 N–H and O–H groups in total. The number of benzene rings is 2. The number of rotatable bonds is 6. The molecule has 2 aromatic carbocycles. The van der Waals surface area contributed by atoms with E-state index in [2.05, 4.69) is 4.99 Å². The number of ether oxygens (including phenoxy) is 2. The molecule has 1 amide bonds. The average Bonchev–Trinajstić information content (AvgIpc) is 3.04. The summed E-state index contributed by atoms with van der Waals surface area (Å²) in [4.78, 5) is 29.2. The van der Waals surface area contributed by atoms with Crippen LogP contribution in [0.5, 0.6) is 5.75 Å². The number of carbonyl (C=O) groups is 2. The molecule has 0 saturated carbocycles. The minimum Gasteiger partial charge on any atom is -0.494 e. The molecular weight excluding hydrogens is 376 g/mol. The van der Waals surface area contributed by atoms with Crippen molar-refractivity contribution in [3.63, 3.8) is 0 Å². The highest BCUT2D eigenvalue weighted by atomic mass is 32.1. The first-order valence-electron chi connectivity index (χ1n) is 9.06. The maximum atomic E-state index is 12.5. The van der Waals surface area contributed by atoms with E-state index >= 15 is 0 Å². The maximum Gasteiger partial charge on any atom is 0.337 e. The molecule has 0 unspecified atom stereocenters. The van der Waals surface area contributed by atoms with Gasteiger partial charge in [-0.3, -0.25) is 4.79 Å². The van der Waals surface area contributed by atoms with Crippen molar-refractivity contribution in [2.24, 2.45) is 4.99 Å². The second-order valence-corrected chi connectivity index (χ2v) is 7.07. The van der Waals surface area contributed by atoms with Gasteiger partial charge in [0.15, 0.2) is 4.80 Å². The molecule has 3 rings (SSSR count). The number of amides is 1. The van der Waals surface area contributed by atoms with Gasteiger partial charge in [0, 0.05) is 6.54 Å². The van der Waals surface area contributed by atoms with Gasteiger partial charge in [0.25, 0.3) is 5.91 Å². The largest absolute Gasteiger partial charge is 0.494 e. The zero-order valence-electron chi connectivity index (χ0n) is 16.1. The summed E-state index contributed by atoms with van der Waals surface area (Å²) < 4.78 is 13.0. The predicted octanol–water partition coefficient (Wildman–Crippen LogP) is 3.58. The summed E-state index contributed by atoms with van der Waals surface area (Å²) >= 11 is 1.39. The van der Waals surface area contributed by atoms with Gasteiger partial charge >= 0.3 is 5.97 Å². The molecule has 0 radical (unpaired) electrons. The first-order chi connectivity index (χ1) is 13.5. The molecule has 0 aliphatic carbocycles. The van der Waals surface area contributed by atoms with Gasteiger partial charge in [-0.05, 0) is 49.7 Å². The minimum atomic E-state index is -0.386. The zero-order valence-corrected chi connectivity index (χ0v) is 16.9. The molecule has 0 aliphatic heterocycles. The number of aryl methyl sites for hydroxylation is 1. The Hall–Kier alpha value is -2.93. The van der Waals surface area contributed by atoms with Crippen LogP contribution in [0.3, 0.4) is 0 Å². The number of carbonyl (C=O) groups excluding carboxylic acids is 2. The smallest absolute Gasteiger partial charge is 0.337 e. The Morgan fingerprint density at radius 3 is 2.50 bits per heavy atom. The van der Waals surface area contributed by atoms with Crippen LogP contribution in [0.25, 0.3) is 10.2 Å². The highest BCUT2D eigenvalue weighted by Crippen LogP contribution is 2.20. The van der Waals surface area contributed by atoms with Crippen molar-refractivity contribution < 1.29 is 19.1 Å². The third-order valence-electron chi connectivity index (χ3n) is 4.23. The van der Waals surface area contributed by atoms with Gasteiger partial charge in [0.2, 0.25) is 0 Å². The second kappa shape index (κ2) is 8.84. The maximum absolute atomic E-state index is 12.5. The number of nitrogens with zero attached hydrogens (tertiary/aromatic N) is 2. The topological polar surface area (TPSA) is 69.9 Å². The molecule has 7 heteroatoms. The second-order valence-electron chi connectivity index (χ2n) is 6.06. The minimum absolute atomic E-state index is 0.217. The van der Waals surface area contributed by atoms with Crippen LogP contribution in [0, 0.1) is 0 Å². The molecule has 0 bridgehead atoms. The molecule has 28 heavy (non-hydrogen) atoms. The SMILES string of the molecule is CCOc1ccc(CC(=O)N=c2sc3cc(C(=O)OC)ccc3n2CC)cc1. The lowest BCUT2D eigenvalue weighted by atomic mass is 10.1. The number of aromatic nitrogens is 1. The number of esters is 1. The van der Waals surface area contributed by atoms with Crippen LogP contribution in [0.15, 0.2) is 47.5 Å². The first-order valence-corrected chi connectivity index (χ1v) is 9.88. The summed E-state index contributed by atoms with van der Waals surface area (Å²) in [7, 11) is 1.35. The Morgan fingerprint density at radius 1 is 1.11 bits per heavy atom. The van der Waals surface area contributed by atoms with Crippen molar-refractivity contribution in [1.82, 2.24) is 4.57 Å². The van der Waals surface area contributed by atoms with Crippen LogP contribution in [0.1, 0.15) is 29.8 Å². The molecule has 0 atom stereocenters. The van der Waals surface area contributed by atoms with Crippen molar-refractivity contribution >= 4 is 33.4 Å². The summed E-state index contributed by atoms with van der Waals surface area (Å²) in [6.45, 7) is 5.20. The third-order valence-corrected chi connectivity index (χ3v) is 5.27. The Kier molecular flexibility index (Phi) is 6.26. The van der Waals surface area contributed by atoms with Gasteiger partial charge in [0.1, 0.15) is 5.75 Å². The first kappa shape index (κ1) is 19.8. The molecule has 1 aromatic heterocycles. The highest BCUT2D eigenvalue weighted by molar-refractivity contribution is 7.16. The van der Waals surface area contributed by atoms with E-state index in [0.717, 1.165) is 21.5 Å². The van der Waals surface area contributed by atoms with Crippen LogP contribution >= 0.6 is 11.3 Å². The molecule has 0 saturated heterocycles. The highest BCUT2D eigenvalue weighted by Gasteiger charge is 2.11. The van der Waals surface area contributed by atoms with E-state index < -0.39 is 0 Å². The molecule has 0 spiro atoms. The fraction of sp³-hybridized carbons (Fsp3) is 0.286. The summed E-state index contributed by atoms with van der Waals surface area (Å²) in [6.07, 6.45) is 0.220. The van der Waals surface area contributed by atoms with Gasteiger partial charge in [0.05, 0.1) is 35.9 Å². The summed E-state index contributed by atoms with van der Waals surface area (Å²) in [6, 6.07) is 12.8. The molecule has 0 fully saturated rings. The van der Waals surface area contributed by atoms with E-state index in [4.69, 9.17) is 9.47 Å². The third kappa shape index (κ3) is 4.31. The van der Waals surface area contributed by atoms with E-state index in [1.807, 2.05) is 48.7 Å². The zero-order chi connectivity index (χ0) is 20.1. The Balaban J connectivity index is 1.89. The van der Waals surface area contributed by atoms with Crippen LogP contribution in [-0.2, 0) is 22.5 Å². The molecule has 3 aromatic rings. The van der Waals surface area contributed by atoms with Crippen molar-refractivity contribution in [1.29, 1.82) is 0 Å². The van der Waals surface area contributed by atoms with Gasteiger partial charge in [-0.25, -0.2) is 4.79 Å². The standard InChI is InChI=1S/C21H22N2O4S/c1-4-23-17-11-8-15(20(25)26-3)13-18(17)28-21(23)22-19(24)12-14-6-9-16(10-7-14)27-5-2/h6-11,13H,4-5,12H2,1-3H3. The van der Waals surface area contributed by atoms with Crippen molar-refractivity contribution in [2.75, 3.05) is 13.7 Å². The van der Waals surface area contributed by atoms with Gasteiger partial charge < -0.3 is 14.0 Å². The van der Waals surface area contributed by atoms with Crippen LogP contribution in [0.2, 0.25) is 0 Å². The number of hydrogen-bond donors (Lipinski definition) is 0. The van der Waals surface area contributed by atoms with Crippen LogP contribution in [-0.4, -0.2) is 30.2 Å².